The maximum Gasteiger partial charge on any atom is 0.335 e. The predicted octanol–water partition coefficient (Wildman–Crippen LogP) is 4.17. The van der Waals surface area contributed by atoms with Crippen LogP contribution >= 0.6 is 0 Å². The van der Waals surface area contributed by atoms with Gasteiger partial charge in [0.1, 0.15) is 0 Å². The Hall–Kier alpha value is -3.39. The molecular weight excluding hydrogens is 340 g/mol. The van der Waals surface area contributed by atoms with Gasteiger partial charge in [-0.1, -0.05) is 26.8 Å². The van der Waals surface area contributed by atoms with Gasteiger partial charge >= 0.3 is 5.97 Å². The van der Waals surface area contributed by atoms with Crippen LogP contribution in [0.1, 0.15) is 69.4 Å². The van der Waals surface area contributed by atoms with E-state index in [9.17, 15) is 14.7 Å². The molecule has 5 nitrogen and oxygen atoms in total. The molecule has 0 saturated heterocycles. The zero-order chi connectivity index (χ0) is 19.5. The maximum atomic E-state index is 13.3. The summed E-state index contributed by atoms with van der Waals surface area (Å²) in [6.45, 7) is 5.84. The molecule has 0 spiro atoms. The van der Waals surface area contributed by atoms with Crippen molar-refractivity contribution in [3.05, 3.63) is 69.4 Å². The summed E-state index contributed by atoms with van der Waals surface area (Å²) in [6.07, 6.45) is 0.537. The average Bonchev–Trinajstić information content (AvgIpc) is 3.05. The first-order valence-corrected chi connectivity index (χ1v) is 8.81. The second-order valence-corrected chi connectivity index (χ2v) is 7.41. The van der Waals surface area contributed by atoms with E-state index in [2.05, 4.69) is 11.1 Å². The molecule has 0 aliphatic heterocycles. The number of ketones is 1. The van der Waals surface area contributed by atoms with Crippen LogP contribution < -0.4 is 0 Å². The lowest BCUT2D eigenvalue weighted by Crippen LogP contribution is -2.31. The van der Waals surface area contributed by atoms with E-state index in [1.165, 1.54) is 0 Å². The number of nitrogens with one attached hydrogen (secondary N) is 1. The number of nitriles is 1. The number of fused-ring (bicyclic) bond motifs is 4. The quantitative estimate of drug-likeness (QED) is 0.719. The average molecular weight is 358 g/mol. The number of rotatable bonds is 2. The molecule has 2 aromatic carbocycles. The Balaban J connectivity index is 2.06. The topological polar surface area (TPSA) is 93.9 Å². The van der Waals surface area contributed by atoms with E-state index in [4.69, 9.17) is 5.26 Å². The van der Waals surface area contributed by atoms with E-state index in [-0.39, 0.29) is 11.3 Å². The largest absolute Gasteiger partial charge is 0.478 e. The van der Waals surface area contributed by atoms with E-state index >= 15 is 0 Å². The van der Waals surface area contributed by atoms with E-state index in [0.29, 0.717) is 34.2 Å². The molecule has 1 heterocycles. The maximum absolute atomic E-state index is 13.3. The minimum absolute atomic E-state index is 0.109. The van der Waals surface area contributed by atoms with Gasteiger partial charge in [0.2, 0.25) is 0 Å². The van der Waals surface area contributed by atoms with Gasteiger partial charge in [0.15, 0.2) is 5.78 Å². The van der Waals surface area contributed by atoms with Gasteiger partial charge in [-0.25, -0.2) is 4.79 Å². The van der Waals surface area contributed by atoms with Crippen molar-refractivity contribution in [1.82, 2.24) is 4.98 Å². The fraction of sp³-hybridized carbons (Fsp3) is 0.227. The van der Waals surface area contributed by atoms with Gasteiger partial charge in [-0.15, -0.1) is 0 Å². The van der Waals surface area contributed by atoms with Gasteiger partial charge in [-0.05, 0) is 41.8 Å². The number of H-pyrrole nitrogens is 1. The SMILES string of the molecule is CCc1cc2c(cc1C(=O)O)C(C)(C)c1[nH]c3cc(C#N)ccc3c1C2=O. The van der Waals surface area contributed by atoms with Gasteiger partial charge in [-0.3, -0.25) is 4.79 Å². The number of aromatic nitrogens is 1. The zero-order valence-electron chi connectivity index (χ0n) is 15.3. The third kappa shape index (κ3) is 2.23. The predicted molar refractivity (Wildman–Crippen MR) is 101 cm³/mol. The molecule has 0 amide bonds. The van der Waals surface area contributed by atoms with Crippen molar-refractivity contribution < 1.29 is 14.7 Å². The van der Waals surface area contributed by atoms with Crippen LogP contribution in [0.3, 0.4) is 0 Å². The van der Waals surface area contributed by atoms with Crippen LogP contribution in [-0.2, 0) is 11.8 Å². The minimum atomic E-state index is -0.987. The summed E-state index contributed by atoms with van der Waals surface area (Å²) >= 11 is 0. The number of carbonyl (C=O) groups excluding carboxylic acids is 1. The van der Waals surface area contributed by atoms with Crippen molar-refractivity contribution in [2.24, 2.45) is 0 Å². The Kier molecular flexibility index (Phi) is 3.50. The van der Waals surface area contributed by atoms with Gasteiger partial charge in [0, 0.05) is 27.6 Å². The third-order valence-corrected chi connectivity index (χ3v) is 5.55. The van der Waals surface area contributed by atoms with Gasteiger partial charge in [-0.2, -0.15) is 5.26 Å². The van der Waals surface area contributed by atoms with Crippen LogP contribution in [0.25, 0.3) is 10.9 Å². The van der Waals surface area contributed by atoms with Crippen molar-refractivity contribution >= 4 is 22.7 Å². The molecule has 0 unspecified atom stereocenters. The second-order valence-electron chi connectivity index (χ2n) is 7.41. The van der Waals surface area contributed by atoms with Gasteiger partial charge in [0.05, 0.1) is 22.8 Å². The molecule has 4 rings (SSSR count). The Bertz CT molecular complexity index is 1190. The van der Waals surface area contributed by atoms with Crippen molar-refractivity contribution in [3.8, 4) is 6.07 Å². The second kappa shape index (κ2) is 5.55. The summed E-state index contributed by atoms with van der Waals surface area (Å²) in [5.41, 5.74) is 4.21. The summed E-state index contributed by atoms with van der Waals surface area (Å²) in [5.74, 6) is -1.10. The highest BCUT2D eigenvalue weighted by molar-refractivity contribution is 6.20. The van der Waals surface area contributed by atoms with Crippen molar-refractivity contribution in [3.63, 3.8) is 0 Å². The highest BCUT2D eigenvalue weighted by Crippen LogP contribution is 2.44. The Morgan fingerprint density at radius 1 is 1.26 bits per heavy atom. The summed E-state index contributed by atoms with van der Waals surface area (Å²) < 4.78 is 0. The van der Waals surface area contributed by atoms with Crippen LogP contribution in [0.5, 0.6) is 0 Å². The molecule has 1 aliphatic carbocycles. The molecular formula is C22H18N2O3. The summed E-state index contributed by atoms with van der Waals surface area (Å²) in [7, 11) is 0. The number of carboxylic acids is 1. The lowest BCUT2D eigenvalue weighted by molar-refractivity contribution is 0.0695. The number of aryl methyl sites for hydroxylation is 1. The van der Waals surface area contributed by atoms with Crippen LogP contribution in [-0.4, -0.2) is 21.8 Å². The lowest BCUT2D eigenvalue weighted by atomic mass is 9.70. The fourth-order valence-corrected chi connectivity index (χ4v) is 4.08. The van der Waals surface area contributed by atoms with Gasteiger partial charge < -0.3 is 10.1 Å². The molecule has 0 saturated carbocycles. The van der Waals surface area contributed by atoms with E-state index in [1.807, 2.05) is 20.8 Å². The Labute approximate surface area is 156 Å². The normalized spacial score (nSPS) is 14.5. The minimum Gasteiger partial charge on any atom is -0.478 e. The molecule has 3 aromatic rings. The van der Waals surface area contributed by atoms with Crippen LogP contribution in [0.15, 0.2) is 30.3 Å². The third-order valence-electron chi connectivity index (χ3n) is 5.55. The molecule has 0 bridgehead atoms. The van der Waals surface area contributed by atoms with Crippen LogP contribution in [0, 0.1) is 11.3 Å². The number of hydrogen-bond acceptors (Lipinski definition) is 3. The highest BCUT2D eigenvalue weighted by Gasteiger charge is 2.40. The fourth-order valence-electron chi connectivity index (χ4n) is 4.08. The van der Waals surface area contributed by atoms with E-state index in [1.54, 1.807) is 30.3 Å². The molecule has 1 aromatic heterocycles. The first kappa shape index (κ1) is 17.0. The standard InChI is InChI=1S/C22H18N2O3/c1-4-12-8-15-16(9-14(12)21(26)27)22(2,3)20-18(19(15)25)13-6-5-11(10-23)7-17(13)24-20/h5-9,24H,4H2,1-3H3,(H,26,27). The van der Waals surface area contributed by atoms with Crippen LogP contribution in [0.4, 0.5) is 0 Å². The number of nitrogens with zero attached hydrogens (tertiary/aromatic N) is 1. The number of aromatic amines is 1. The number of carboxylic acid groups (broad SMARTS) is 1. The summed E-state index contributed by atoms with van der Waals surface area (Å²) in [6, 6.07) is 10.7. The van der Waals surface area contributed by atoms with Crippen molar-refractivity contribution in [1.29, 1.82) is 5.26 Å². The molecule has 0 atom stereocenters. The van der Waals surface area contributed by atoms with Crippen LogP contribution in [0.2, 0.25) is 0 Å². The number of hydrogen-bond donors (Lipinski definition) is 2. The first-order valence-electron chi connectivity index (χ1n) is 8.81. The van der Waals surface area contributed by atoms with E-state index < -0.39 is 11.4 Å². The molecule has 2 N–H and O–H groups in total. The van der Waals surface area contributed by atoms with Crippen molar-refractivity contribution in [2.75, 3.05) is 0 Å². The first-order chi connectivity index (χ1) is 12.8. The summed E-state index contributed by atoms with van der Waals surface area (Å²) in [5, 5.41) is 19.5. The molecule has 27 heavy (non-hydrogen) atoms. The molecule has 5 heteroatoms. The monoisotopic (exact) mass is 358 g/mol. The Morgan fingerprint density at radius 3 is 2.63 bits per heavy atom. The number of benzene rings is 2. The lowest BCUT2D eigenvalue weighted by Gasteiger charge is -2.33. The highest BCUT2D eigenvalue weighted by atomic mass is 16.4. The number of aromatic carboxylic acids is 1. The zero-order valence-corrected chi connectivity index (χ0v) is 15.3. The molecule has 0 fully saturated rings. The number of carbonyl (C=O) groups is 2. The summed E-state index contributed by atoms with van der Waals surface area (Å²) in [4.78, 5) is 28.3. The molecule has 134 valence electrons. The van der Waals surface area contributed by atoms with E-state index in [0.717, 1.165) is 16.6 Å². The molecule has 1 aliphatic rings. The Morgan fingerprint density at radius 2 is 2.00 bits per heavy atom. The molecule has 0 radical (unpaired) electrons. The van der Waals surface area contributed by atoms with Gasteiger partial charge in [0.25, 0.3) is 0 Å². The smallest absolute Gasteiger partial charge is 0.335 e. The van der Waals surface area contributed by atoms with Crippen molar-refractivity contribution in [2.45, 2.75) is 32.6 Å².